The first kappa shape index (κ1) is 107. The number of carbonyl (C=O) groups is 3. The minimum absolute atomic E-state index is 0.0412. The third kappa shape index (κ3) is 87.1. The molecule has 0 aliphatic carbocycles. The van der Waals surface area contributed by atoms with E-state index in [-0.39, 0.29) is 19.3 Å². The second kappa shape index (κ2) is 85.8. The summed E-state index contributed by atoms with van der Waals surface area (Å²) in [6.45, 7) is 2.29. The summed E-state index contributed by atoms with van der Waals surface area (Å²) >= 11 is 0. The van der Waals surface area contributed by atoms with E-state index in [0.29, 0.717) is 25.7 Å². The summed E-state index contributed by atoms with van der Waals surface area (Å²) in [6, 6.07) is 0. The molecule has 0 aromatic heterocycles. The molecule has 0 rings (SSSR count). The predicted molar refractivity (Wildman–Crippen MR) is 472 cm³/mol. The molecule has 5 unspecified atom stereocenters. The van der Waals surface area contributed by atoms with E-state index in [0.717, 1.165) is 161 Å². The molecule has 0 aliphatic heterocycles. The van der Waals surface area contributed by atoms with Crippen molar-refractivity contribution >= 4 is 33.6 Å². The van der Waals surface area contributed by atoms with Crippen LogP contribution in [-0.2, 0) is 55.8 Å². The van der Waals surface area contributed by atoms with Crippen LogP contribution in [0.1, 0.15) is 329 Å². The van der Waals surface area contributed by atoms with E-state index in [1.54, 1.807) is 0 Å². The van der Waals surface area contributed by atoms with Gasteiger partial charge in [-0.05, 0) is 161 Å². The van der Waals surface area contributed by atoms with Crippen molar-refractivity contribution in [2.75, 3.05) is 39.6 Å². The van der Waals surface area contributed by atoms with Crippen LogP contribution in [0.3, 0.4) is 0 Å². The van der Waals surface area contributed by atoms with Gasteiger partial charge < -0.3 is 34.2 Å². The molecule has 0 saturated carbocycles. The Morgan fingerprint density at radius 1 is 0.248 bits per heavy atom. The topological polar surface area (TPSA) is 231 Å². The van der Waals surface area contributed by atoms with Crippen molar-refractivity contribution in [2.24, 2.45) is 0 Å². The molecular formula is C95H156O16P2. The van der Waals surface area contributed by atoms with Crippen LogP contribution in [0.25, 0.3) is 0 Å². The highest BCUT2D eigenvalue weighted by atomic mass is 31.2. The number of phosphoric acid groups is 2. The lowest BCUT2D eigenvalue weighted by Crippen LogP contribution is -2.30. The van der Waals surface area contributed by atoms with Crippen molar-refractivity contribution < 1.29 is 75.8 Å². The van der Waals surface area contributed by atoms with Crippen molar-refractivity contribution in [3.8, 4) is 0 Å². The molecule has 0 fully saturated rings. The van der Waals surface area contributed by atoms with Gasteiger partial charge in [-0.15, -0.1) is 0 Å². The number of unbranched alkanes of at least 4 members (excludes halogenated alkanes) is 26. The van der Waals surface area contributed by atoms with Gasteiger partial charge in [-0.3, -0.25) is 32.5 Å². The lowest BCUT2D eigenvalue weighted by atomic mass is 10.0. The van der Waals surface area contributed by atoms with Gasteiger partial charge in [0.05, 0.1) is 26.4 Å². The number of aliphatic hydroxyl groups is 2. The molecule has 0 aliphatic rings. The second-order valence-electron chi connectivity index (χ2n) is 28.5. The number of phosphoric ester groups is 2. The first-order valence-electron chi connectivity index (χ1n) is 43.7. The van der Waals surface area contributed by atoms with Gasteiger partial charge in [0.2, 0.25) is 0 Å². The van der Waals surface area contributed by atoms with Crippen molar-refractivity contribution in [3.63, 3.8) is 0 Å². The van der Waals surface area contributed by atoms with Gasteiger partial charge in [-0.25, -0.2) is 9.13 Å². The maximum absolute atomic E-state index is 13.0. The van der Waals surface area contributed by atoms with E-state index < -0.39 is 91.5 Å². The minimum Gasteiger partial charge on any atom is -0.463 e. The number of allylic oxidation sites excluding steroid dienone is 32. The van der Waals surface area contributed by atoms with Crippen LogP contribution >= 0.6 is 15.6 Å². The molecule has 0 bridgehead atoms. The molecule has 4 N–H and O–H groups in total. The molecule has 0 saturated heterocycles. The highest BCUT2D eigenvalue weighted by Crippen LogP contribution is 2.45. The molecular weight excluding hydrogens is 1460 g/mol. The molecule has 18 heteroatoms. The zero-order chi connectivity index (χ0) is 82.2. The maximum atomic E-state index is 13.0. The van der Waals surface area contributed by atoms with Crippen molar-refractivity contribution in [3.05, 3.63) is 194 Å². The zero-order valence-electron chi connectivity index (χ0n) is 70.5. The Labute approximate surface area is 687 Å². The van der Waals surface area contributed by atoms with Crippen LogP contribution in [0.2, 0.25) is 0 Å². The minimum atomic E-state index is -4.96. The maximum Gasteiger partial charge on any atom is 0.472 e. The van der Waals surface area contributed by atoms with E-state index in [1.165, 1.54) is 103 Å². The normalized spacial score (nSPS) is 14.8. The second-order valence-corrected chi connectivity index (χ2v) is 31.5. The van der Waals surface area contributed by atoms with Crippen LogP contribution in [-0.4, -0.2) is 95.9 Å². The summed E-state index contributed by atoms with van der Waals surface area (Å²) in [5, 5.41) is 20.7. The fourth-order valence-corrected chi connectivity index (χ4v) is 12.9. The van der Waals surface area contributed by atoms with Crippen LogP contribution < -0.4 is 0 Å². The van der Waals surface area contributed by atoms with E-state index >= 15 is 0 Å². The molecule has 0 aromatic carbocycles. The van der Waals surface area contributed by atoms with Gasteiger partial charge in [-0.1, -0.05) is 344 Å². The average molecular weight is 1620 g/mol. The number of rotatable bonds is 81. The quantitative estimate of drug-likeness (QED) is 0.0146. The Hall–Kier alpha value is -5.61. The van der Waals surface area contributed by atoms with Gasteiger partial charge in [0.15, 0.2) is 6.10 Å². The molecule has 0 heterocycles. The highest BCUT2D eigenvalue weighted by Gasteiger charge is 2.29. The summed E-state index contributed by atoms with van der Waals surface area (Å²) in [5.41, 5.74) is 0. The lowest BCUT2D eigenvalue weighted by Gasteiger charge is -2.21. The zero-order valence-corrected chi connectivity index (χ0v) is 72.3. The lowest BCUT2D eigenvalue weighted by molar-refractivity contribution is -0.161. The van der Waals surface area contributed by atoms with Gasteiger partial charge in [0.25, 0.3) is 0 Å². The first-order valence-corrected chi connectivity index (χ1v) is 46.7. The number of aliphatic hydroxyl groups excluding tert-OH is 2. The Morgan fingerprint density at radius 3 is 0.717 bits per heavy atom. The number of hydrogen-bond donors (Lipinski definition) is 4. The molecule has 0 spiro atoms. The number of ether oxygens (including phenoxy) is 3. The molecule has 642 valence electrons. The third-order valence-electron chi connectivity index (χ3n) is 17.8. The van der Waals surface area contributed by atoms with E-state index in [4.69, 9.17) is 32.3 Å². The van der Waals surface area contributed by atoms with Crippen molar-refractivity contribution in [1.29, 1.82) is 0 Å². The standard InChI is InChI=1S/C95H156O16P2/c1-4-7-10-13-16-19-22-25-28-31-34-37-39-41-42-43-44-45-46-48-50-52-54-57-60-63-66-69-72-75-78-81-93(98)105-84-90(96)85-107-112(101,102)108-86-91(97)87-109-113(103,104)110-89-92(111-95(100)83-80-77-74-71-68-65-62-59-56-51-36-33-30-27-24-21-18-15-12-9-6-3)88-106-94(99)82-79-76-73-70-67-64-61-58-55-53-49-47-40-38-35-32-29-26-23-20-17-14-11-8-5-2/h7-12,16-21,25-30,34-38,41-42,47,49,51,59,62,68,71,90-92,96-97H,4-6,13-15,22-24,31-33,39-40,43-46,48,50,52-58,60-61,63-67,69-70,72-89H2,1-3H3,(H,101,102)(H,103,104)/b10-7-,11-8-,12-9-,19-16-,20-17-,21-18-,28-25-,29-26-,30-27-,37-34-,38-35-,42-41-,49-47-,51-36-,62-59-,71-68-. The van der Waals surface area contributed by atoms with Crippen molar-refractivity contribution in [2.45, 2.75) is 347 Å². The number of esters is 3. The summed E-state index contributed by atoms with van der Waals surface area (Å²) in [6.07, 6.45) is 113. The van der Waals surface area contributed by atoms with Gasteiger partial charge in [0, 0.05) is 19.3 Å². The van der Waals surface area contributed by atoms with E-state index in [9.17, 15) is 43.5 Å². The van der Waals surface area contributed by atoms with Gasteiger partial charge >= 0.3 is 33.6 Å². The number of hydrogen-bond acceptors (Lipinski definition) is 14. The molecule has 16 nitrogen and oxygen atoms in total. The highest BCUT2D eigenvalue weighted by molar-refractivity contribution is 7.47. The average Bonchev–Trinajstić information content (AvgIpc) is 0.901. The Morgan fingerprint density at radius 2 is 0.442 bits per heavy atom. The van der Waals surface area contributed by atoms with Crippen LogP contribution in [0.15, 0.2) is 194 Å². The Kier molecular flexibility index (Phi) is 81.5. The first-order chi connectivity index (χ1) is 55.2. The molecule has 0 amide bonds. The fraction of sp³-hybridized carbons (Fsp3) is 0.632. The summed E-state index contributed by atoms with van der Waals surface area (Å²) in [7, 11) is -9.83. The smallest absolute Gasteiger partial charge is 0.463 e. The third-order valence-corrected chi connectivity index (χ3v) is 19.7. The van der Waals surface area contributed by atoms with E-state index in [1.807, 2.05) is 0 Å². The van der Waals surface area contributed by atoms with Gasteiger partial charge in [0.1, 0.15) is 25.4 Å². The summed E-state index contributed by atoms with van der Waals surface area (Å²) in [5.74, 6) is -1.64. The largest absolute Gasteiger partial charge is 0.472 e. The van der Waals surface area contributed by atoms with Crippen LogP contribution in [0.5, 0.6) is 0 Å². The van der Waals surface area contributed by atoms with Crippen LogP contribution in [0, 0.1) is 0 Å². The van der Waals surface area contributed by atoms with Crippen molar-refractivity contribution in [1.82, 2.24) is 0 Å². The molecule has 0 radical (unpaired) electrons. The Bertz CT molecular complexity index is 2830. The van der Waals surface area contributed by atoms with E-state index in [2.05, 4.69) is 215 Å². The molecule has 0 aromatic rings. The fourth-order valence-electron chi connectivity index (χ4n) is 11.3. The van der Waals surface area contributed by atoms with Crippen LogP contribution in [0.4, 0.5) is 0 Å². The predicted octanol–water partition coefficient (Wildman–Crippen LogP) is 26.7. The molecule has 113 heavy (non-hydrogen) atoms. The Balaban J connectivity index is 4.64. The SMILES string of the molecule is CC/C=C\C/C=C\C/C=C\C/C=C\C/C=C\C/C=C\CCCCC(=O)OC(COC(=O)CCCCCCCCCCC/C=C\C/C=C\C/C=C\C/C=C\C/C=C\CC)COP(=O)(O)OCC(O)COP(=O)(O)OCC(O)COC(=O)CCCCCCCCCCCCCCCCC/C=C\C/C=C\C/C=C\C/C=C\C/C=C\CC. The number of carbonyl (C=O) groups excluding carboxylic acids is 3. The summed E-state index contributed by atoms with van der Waals surface area (Å²) < 4.78 is 61.3. The summed E-state index contributed by atoms with van der Waals surface area (Å²) in [4.78, 5) is 58.9. The monoisotopic (exact) mass is 1620 g/mol. The van der Waals surface area contributed by atoms with Gasteiger partial charge in [-0.2, -0.15) is 0 Å². The molecule has 5 atom stereocenters.